The molecule has 0 bridgehead atoms. The van der Waals surface area contributed by atoms with E-state index in [1.807, 2.05) is 84.9 Å². The Morgan fingerprint density at radius 1 is 0.742 bits per heavy atom. The summed E-state index contributed by atoms with van der Waals surface area (Å²) in [6, 6.07) is 28.8. The van der Waals surface area contributed by atoms with E-state index in [1.54, 1.807) is 6.07 Å². The Balaban J connectivity index is 1.75. The lowest BCUT2D eigenvalue weighted by Gasteiger charge is -2.24. The average Bonchev–Trinajstić information content (AvgIpc) is 3.09. The van der Waals surface area contributed by atoms with Crippen LogP contribution in [-0.4, -0.2) is 0 Å². The number of fused-ring (bicyclic) bond motifs is 3. The van der Waals surface area contributed by atoms with Crippen molar-refractivity contribution in [2.75, 3.05) is 5.32 Å². The molecule has 1 aliphatic rings. The summed E-state index contributed by atoms with van der Waals surface area (Å²) in [5.74, 6) is -2.85. The van der Waals surface area contributed by atoms with Crippen molar-refractivity contribution in [3.63, 3.8) is 0 Å². The van der Waals surface area contributed by atoms with Gasteiger partial charge >= 0.3 is 0 Å². The lowest BCUT2D eigenvalue weighted by molar-refractivity contribution is 0.660. The Bertz CT molecular complexity index is 1490. The number of nitrogens with one attached hydrogen (secondary N) is 1. The van der Waals surface area contributed by atoms with Crippen molar-refractivity contribution in [3.8, 4) is 22.3 Å². The number of hydrogen-bond donors (Lipinski definition) is 1. The van der Waals surface area contributed by atoms with E-state index >= 15 is 0 Å². The Labute approximate surface area is 195 Å². The first kappa shape index (κ1) is 13.2. The third kappa shape index (κ3) is 3.35. The first-order valence-corrected chi connectivity index (χ1v) is 10.5. The van der Waals surface area contributed by atoms with Crippen molar-refractivity contribution in [1.29, 1.82) is 0 Å². The van der Waals surface area contributed by atoms with Crippen molar-refractivity contribution in [2.24, 2.45) is 0 Å². The quantitative estimate of drug-likeness (QED) is 0.355. The van der Waals surface area contributed by atoms with E-state index in [1.165, 1.54) is 0 Å². The van der Waals surface area contributed by atoms with E-state index in [0.717, 1.165) is 33.4 Å². The summed E-state index contributed by atoms with van der Waals surface area (Å²) in [5, 5.41) is 3.31. The van der Waals surface area contributed by atoms with Gasteiger partial charge in [-0.15, -0.1) is 0 Å². The van der Waals surface area contributed by atoms with Crippen molar-refractivity contribution in [2.45, 2.75) is 38.9 Å². The van der Waals surface area contributed by atoms with Crippen LogP contribution in [0, 0.1) is 0 Å². The molecule has 1 heteroatoms. The molecule has 154 valence electrons. The van der Waals surface area contributed by atoms with Gasteiger partial charge in [0.05, 0.1) is 0 Å². The normalized spacial score (nSPS) is 18.2. The molecule has 4 aromatic rings. The molecule has 0 amide bonds. The molecule has 0 saturated carbocycles. The smallest absolute Gasteiger partial charge is 0.0422 e. The van der Waals surface area contributed by atoms with Gasteiger partial charge in [-0.1, -0.05) is 94.3 Å². The zero-order chi connectivity index (χ0) is 27.5. The minimum Gasteiger partial charge on any atom is -0.355 e. The van der Waals surface area contributed by atoms with Crippen LogP contribution in [0.4, 0.5) is 11.4 Å². The zero-order valence-corrected chi connectivity index (χ0v) is 17.7. The average molecular weight is 411 g/mol. The first-order valence-electron chi connectivity index (χ1n) is 14.0. The largest absolute Gasteiger partial charge is 0.355 e. The number of hydrogen-bond acceptors (Lipinski definition) is 1. The van der Waals surface area contributed by atoms with Gasteiger partial charge in [-0.2, -0.15) is 0 Å². The van der Waals surface area contributed by atoms with E-state index in [2.05, 4.69) is 19.2 Å². The standard InChI is InChI=1S/C30H29N/c1-20(2)25-18-26-24-15-8-9-16-27(24)30(3,4)28(26)19-29(25)31-23-14-10-13-22(17-23)21-11-6-5-7-12-21/h5-20,31H,1-4H3/i1D3,2D3,20D. The highest BCUT2D eigenvalue weighted by Gasteiger charge is 2.36. The van der Waals surface area contributed by atoms with Gasteiger partial charge < -0.3 is 5.32 Å². The molecule has 31 heavy (non-hydrogen) atoms. The van der Waals surface area contributed by atoms with E-state index in [-0.39, 0.29) is 5.56 Å². The van der Waals surface area contributed by atoms with Crippen LogP contribution in [0.25, 0.3) is 22.3 Å². The summed E-state index contributed by atoms with van der Waals surface area (Å²) < 4.78 is 58.1. The first-order chi connectivity index (χ1) is 17.7. The molecule has 0 saturated heterocycles. The van der Waals surface area contributed by atoms with Crippen molar-refractivity contribution in [3.05, 3.63) is 108 Å². The lowest BCUT2D eigenvalue weighted by Crippen LogP contribution is -2.15. The van der Waals surface area contributed by atoms with Crippen LogP contribution in [0.1, 0.15) is 59.7 Å². The van der Waals surface area contributed by atoms with Gasteiger partial charge in [0.15, 0.2) is 0 Å². The van der Waals surface area contributed by atoms with Crippen molar-refractivity contribution in [1.82, 2.24) is 0 Å². The molecule has 0 aromatic heterocycles. The lowest BCUT2D eigenvalue weighted by atomic mass is 9.81. The third-order valence-electron chi connectivity index (χ3n) is 6.24. The summed E-state index contributed by atoms with van der Waals surface area (Å²) in [6.45, 7) is -2.03. The topological polar surface area (TPSA) is 12.0 Å². The maximum absolute atomic E-state index is 9.03. The molecule has 1 nitrogen and oxygen atoms in total. The van der Waals surface area contributed by atoms with Gasteiger partial charge in [-0.3, -0.25) is 0 Å². The van der Waals surface area contributed by atoms with E-state index in [9.17, 15) is 0 Å². The molecule has 0 aliphatic heterocycles. The highest BCUT2D eigenvalue weighted by Crippen LogP contribution is 2.50. The number of anilines is 2. The highest BCUT2D eigenvalue weighted by atomic mass is 14.9. The third-order valence-corrected chi connectivity index (χ3v) is 6.24. The number of rotatable bonds is 4. The van der Waals surface area contributed by atoms with Crippen LogP contribution in [0.5, 0.6) is 0 Å². The summed E-state index contributed by atoms with van der Waals surface area (Å²) in [6.07, 6.45) is 0. The minimum absolute atomic E-state index is 0.0751. The van der Waals surface area contributed by atoms with Gasteiger partial charge in [-0.25, -0.2) is 0 Å². The molecule has 5 rings (SSSR count). The molecule has 1 N–H and O–H groups in total. The monoisotopic (exact) mass is 410 g/mol. The van der Waals surface area contributed by atoms with Crippen molar-refractivity contribution >= 4 is 11.4 Å². The molecular weight excluding hydrogens is 374 g/mol. The second-order valence-corrected chi connectivity index (χ2v) is 8.56. The fourth-order valence-electron chi connectivity index (χ4n) is 4.62. The van der Waals surface area contributed by atoms with Gasteiger partial charge in [0.1, 0.15) is 0 Å². The fraction of sp³-hybridized carbons (Fsp3) is 0.200. The Morgan fingerprint density at radius 2 is 1.48 bits per heavy atom. The maximum Gasteiger partial charge on any atom is 0.0422 e. The predicted molar refractivity (Wildman–Crippen MR) is 133 cm³/mol. The molecule has 0 unspecified atom stereocenters. The molecule has 1 aliphatic carbocycles. The second kappa shape index (κ2) is 7.42. The van der Waals surface area contributed by atoms with Crippen LogP contribution in [-0.2, 0) is 5.41 Å². The SMILES string of the molecule is [2H]C([2H])([2H])C([2H])(c1cc2c(cc1Nc1cccc(-c3ccccc3)c1)C(C)(C)c1ccccc1-2)C([2H])([2H])[2H]. The Morgan fingerprint density at radius 3 is 2.29 bits per heavy atom. The molecular formula is C30H29N. The molecule has 0 heterocycles. The highest BCUT2D eigenvalue weighted by molar-refractivity contribution is 5.85. The van der Waals surface area contributed by atoms with Crippen LogP contribution in [0.2, 0.25) is 0 Å². The molecule has 0 fully saturated rings. The van der Waals surface area contributed by atoms with E-state index < -0.39 is 25.0 Å². The Kier molecular flexibility index (Phi) is 3.15. The summed E-state index contributed by atoms with van der Waals surface area (Å²) in [4.78, 5) is 0. The molecule has 0 spiro atoms. The fourth-order valence-corrected chi connectivity index (χ4v) is 4.62. The maximum atomic E-state index is 9.03. The minimum atomic E-state index is -3.11. The van der Waals surface area contributed by atoms with E-state index in [4.69, 9.17) is 9.60 Å². The molecule has 0 atom stereocenters. The summed E-state index contributed by atoms with van der Waals surface area (Å²) in [7, 11) is 0. The zero-order valence-electron chi connectivity index (χ0n) is 24.7. The van der Waals surface area contributed by atoms with Crippen molar-refractivity contribution < 1.29 is 9.60 Å². The van der Waals surface area contributed by atoms with Gasteiger partial charge in [0, 0.05) is 26.4 Å². The van der Waals surface area contributed by atoms with Crippen LogP contribution in [0.3, 0.4) is 0 Å². The predicted octanol–water partition coefficient (Wildman–Crippen LogP) is 8.53. The number of benzene rings is 4. The molecule has 4 aromatic carbocycles. The summed E-state index contributed by atoms with van der Waals surface area (Å²) in [5.41, 5.74) is 6.17. The van der Waals surface area contributed by atoms with Gasteiger partial charge in [-0.05, 0) is 69.1 Å². The van der Waals surface area contributed by atoms with Crippen LogP contribution >= 0.6 is 0 Å². The Hall–Kier alpha value is -3.32. The van der Waals surface area contributed by atoms with Gasteiger partial charge in [0.25, 0.3) is 0 Å². The van der Waals surface area contributed by atoms with Gasteiger partial charge in [0.2, 0.25) is 0 Å². The van der Waals surface area contributed by atoms with E-state index in [0.29, 0.717) is 11.4 Å². The molecule has 0 radical (unpaired) electrons. The second-order valence-electron chi connectivity index (χ2n) is 8.56. The van der Waals surface area contributed by atoms with Crippen LogP contribution in [0.15, 0.2) is 91.0 Å². The summed E-state index contributed by atoms with van der Waals surface area (Å²) >= 11 is 0. The van der Waals surface area contributed by atoms with Crippen LogP contribution < -0.4 is 5.32 Å².